The molecule has 1 aromatic rings. The van der Waals surface area contributed by atoms with Crippen LogP contribution in [0.3, 0.4) is 0 Å². The molecule has 1 rings (SSSR count). The summed E-state index contributed by atoms with van der Waals surface area (Å²) in [7, 11) is 2.36. The molecule has 0 aliphatic rings. The summed E-state index contributed by atoms with van der Waals surface area (Å²) in [6, 6.07) is 5.35. The number of rotatable bonds is 7. The zero-order valence-corrected chi connectivity index (χ0v) is 17.3. The number of carbonyl (C=O) groups excluding carboxylic acids is 3. The minimum Gasteiger partial charge on any atom is -0.453 e. The summed E-state index contributed by atoms with van der Waals surface area (Å²) in [5.74, 6) is 0.586. The van der Waals surface area contributed by atoms with Gasteiger partial charge in [-0.15, -0.1) is 11.8 Å². The Hall–Kier alpha value is -2.75. The fraction of sp³-hybridized carbons (Fsp3) is 0.444. The molecule has 0 aliphatic heterocycles. The van der Waals surface area contributed by atoms with Gasteiger partial charge in [-0.1, -0.05) is 13.8 Å². The zero-order valence-electron chi connectivity index (χ0n) is 16.5. The van der Waals surface area contributed by atoms with Gasteiger partial charge in [0.25, 0.3) is 0 Å². The number of hydrogen-bond donors (Lipinski definition) is 3. The Morgan fingerprint density at radius 1 is 1.04 bits per heavy atom. The van der Waals surface area contributed by atoms with Crippen molar-refractivity contribution in [2.45, 2.75) is 38.0 Å². The number of amides is 3. The van der Waals surface area contributed by atoms with E-state index < -0.39 is 12.2 Å². The van der Waals surface area contributed by atoms with Crippen LogP contribution in [0.1, 0.15) is 33.1 Å². The summed E-state index contributed by atoms with van der Waals surface area (Å²) in [6.07, 6.45) is 0.443. The smallest absolute Gasteiger partial charge is 0.413 e. The zero-order chi connectivity index (χ0) is 20.9. The summed E-state index contributed by atoms with van der Waals surface area (Å²) in [5, 5.41) is 7.41. The van der Waals surface area contributed by atoms with E-state index in [1.54, 1.807) is 23.9 Å². The molecule has 154 valence electrons. The summed E-state index contributed by atoms with van der Waals surface area (Å²) in [4.78, 5) is 40.3. The van der Waals surface area contributed by atoms with Crippen LogP contribution in [-0.2, 0) is 14.3 Å². The molecule has 3 N–H and O–H groups in total. The molecule has 3 amide bonds. The number of thioether (sulfide) groups is 1. The van der Waals surface area contributed by atoms with Gasteiger partial charge in [-0.2, -0.15) is 0 Å². The van der Waals surface area contributed by atoms with Gasteiger partial charge >= 0.3 is 12.2 Å². The first-order chi connectivity index (χ1) is 13.4. The maximum atomic E-state index is 12.1. The Balaban J connectivity index is 3.25. The van der Waals surface area contributed by atoms with Gasteiger partial charge in [0.05, 0.1) is 25.6 Å². The Kier molecular flexibility index (Phi) is 10.5. The van der Waals surface area contributed by atoms with Gasteiger partial charge in [-0.25, -0.2) is 14.6 Å². The van der Waals surface area contributed by atoms with Gasteiger partial charge in [0, 0.05) is 11.3 Å². The third-order valence-electron chi connectivity index (χ3n) is 3.24. The van der Waals surface area contributed by atoms with Crippen LogP contribution in [-0.4, -0.2) is 44.0 Å². The number of methoxy groups -OCH3 is 2. The minimum absolute atomic E-state index is 0.153. The lowest BCUT2D eigenvalue weighted by Gasteiger charge is -2.13. The quantitative estimate of drug-likeness (QED) is 0.359. The van der Waals surface area contributed by atoms with E-state index in [0.29, 0.717) is 24.2 Å². The van der Waals surface area contributed by atoms with Crippen molar-refractivity contribution in [3.63, 3.8) is 0 Å². The average Bonchev–Trinajstić information content (AvgIpc) is 2.67. The molecule has 0 radical (unpaired) electrons. The number of aliphatic imine (C=N–C) groups is 1. The first kappa shape index (κ1) is 23.3. The van der Waals surface area contributed by atoms with Crippen LogP contribution in [0.15, 0.2) is 28.1 Å². The maximum absolute atomic E-state index is 12.1. The Morgan fingerprint density at radius 2 is 1.68 bits per heavy atom. The van der Waals surface area contributed by atoms with Crippen molar-refractivity contribution in [3.8, 4) is 0 Å². The number of anilines is 1. The molecule has 0 unspecified atom stereocenters. The van der Waals surface area contributed by atoms with Crippen LogP contribution >= 0.6 is 11.8 Å². The number of nitrogens with zero attached hydrogens (tertiary/aromatic N) is 1. The lowest BCUT2D eigenvalue weighted by atomic mass is 10.2. The predicted molar refractivity (Wildman–Crippen MR) is 109 cm³/mol. The number of alkyl carbamates (subject to hydrolysis) is 2. The van der Waals surface area contributed by atoms with Gasteiger partial charge in [-0.3, -0.25) is 15.4 Å². The second-order valence-corrected chi connectivity index (χ2v) is 6.69. The van der Waals surface area contributed by atoms with Crippen LogP contribution in [0.25, 0.3) is 0 Å². The van der Waals surface area contributed by atoms with E-state index in [9.17, 15) is 14.4 Å². The van der Waals surface area contributed by atoms with Crippen molar-refractivity contribution in [1.82, 2.24) is 10.6 Å². The Morgan fingerprint density at radius 3 is 2.21 bits per heavy atom. The first-order valence-electron chi connectivity index (χ1n) is 8.78. The van der Waals surface area contributed by atoms with Crippen LogP contribution in [0.4, 0.5) is 21.0 Å². The number of nitrogens with one attached hydrogen (secondary N) is 3. The highest BCUT2D eigenvalue weighted by Gasteiger charge is 2.13. The summed E-state index contributed by atoms with van der Waals surface area (Å²) in [6.45, 7) is 3.99. The van der Waals surface area contributed by atoms with Crippen molar-refractivity contribution in [3.05, 3.63) is 18.2 Å². The molecule has 9 nitrogen and oxygen atoms in total. The maximum Gasteiger partial charge on any atom is 0.413 e. The number of hydrogen-bond acceptors (Lipinski definition) is 7. The van der Waals surface area contributed by atoms with Crippen molar-refractivity contribution in [2.24, 2.45) is 4.99 Å². The van der Waals surface area contributed by atoms with Crippen LogP contribution in [0, 0.1) is 0 Å². The molecule has 0 spiro atoms. The van der Waals surface area contributed by atoms with Crippen molar-refractivity contribution < 1.29 is 23.9 Å². The molecule has 0 bridgehead atoms. The van der Waals surface area contributed by atoms with Crippen LogP contribution in [0.2, 0.25) is 0 Å². The summed E-state index contributed by atoms with van der Waals surface area (Å²) < 4.78 is 9.06. The normalized spacial score (nSPS) is 9.86. The standard InChI is InChI=1S/C18H26N4O5S/c1-5-7-15(23)19-14-11-12(28-10-6-2)8-9-13(14)20-16(21-17(24)26-3)22-18(25)27-4/h8-9,11H,5-7,10H2,1-4H3,(H,19,23)(H2,20,21,22,24,25). The van der Waals surface area contributed by atoms with E-state index in [4.69, 9.17) is 0 Å². The summed E-state index contributed by atoms with van der Waals surface area (Å²) in [5.41, 5.74) is 0.823. The predicted octanol–water partition coefficient (Wildman–Crippen LogP) is 3.63. The second-order valence-electron chi connectivity index (χ2n) is 5.52. The van der Waals surface area contributed by atoms with Crippen LogP contribution < -0.4 is 16.0 Å². The van der Waals surface area contributed by atoms with E-state index in [-0.39, 0.29) is 11.9 Å². The molecule has 1 aromatic carbocycles. The molecular formula is C18H26N4O5S. The highest BCUT2D eigenvalue weighted by Crippen LogP contribution is 2.31. The third kappa shape index (κ3) is 8.30. The number of ether oxygens (including phenoxy) is 2. The van der Waals surface area contributed by atoms with Gasteiger partial charge in [0.15, 0.2) is 0 Å². The van der Waals surface area contributed by atoms with E-state index >= 15 is 0 Å². The highest BCUT2D eigenvalue weighted by atomic mass is 32.2. The van der Waals surface area contributed by atoms with Crippen molar-refractivity contribution in [2.75, 3.05) is 25.3 Å². The number of guanidine groups is 1. The fourth-order valence-electron chi connectivity index (χ4n) is 1.97. The molecule has 0 heterocycles. The Bertz CT molecular complexity index is 704. The van der Waals surface area contributed by atoms with Crippen molar-refractivity contribution in [1.29, 1.82) is 0 Å². The molecule has 28 heavy (non-hydrogen) atoms. The van der Waals surface area contributed by atoms with Gasteiger partial charge in [0.2, 0.25) is 11.9 Å². The minimum atomic E-state index is -0.818. The molecule has 0 fully saturated rings. The Labute approximate surface area is 168 Å². The topological polar surface area (TPSA) is 118 Å². The van der Waals surface area contributed by atoms with Crippen molar-refractivity contribution >= 4 is 47.2 Å². The van der Waals surface area contributed by atoms with Gasteiger partial charge in [0.1, 0.15) is 0 Å². The second kappa shape index (κ2) is 12.6. The molecule has 0 saturated heterocycles. The molecular weight excluding hydrogens is 384 g/mol. The lowest BCUT2D eigenvalue weighted by molar-refractivity contribution is -0.116. The van der Waals surface area contributed by atoms with Crippen LogP contribution in [0.5, 0.6) is 0 Å². The monoisotopic (exact) mass is 410 g/mol. The lowest BCUT2D eigenvalue weighted by Crippen LogP contribution is -2.43. The number of carbonyl (C=O) groups is 3. The summed E-state index contributed by atoms with van der Waals surface area (Å²) >= 11 is 1.65. The third-order valence-corrected chi connectivity index (χ3v) is 4.44. The largest absolute Gasteiger partial charge is 0.453 e. The van der Waals surface area contributed by atoms with E-state index in [2.05, 4.69) is 37.3 Å². The molecule has 10 heteroatoms. The van der Waals surface area contributed by atoms with Gasteiger partial charge in [-0.05, 0) is 36.8 Å². The molecule has 0 aromatic heterocycles. The number of benzene rings is 1. The van der Waals surface area contributed by atoms with E-state index in [0.717, 1.165) is 17.1 Å². The fourth-order valence-corrected chi connectivity index (χ4v) is 2.77. The molecule has 0 saturated carbocycles. The highest BCUT2D eigenvalue weighted by molar-refractivity contribution is 7.99. The molecule has 0 aliphatic carbocycles. The van der Waals surface area contributed by atoms with Gasteiger partial charge < -0.3 is 14.8 Å². The van der Waals surface area contributed by atoms with E-state index in [1.807, 2.05) is 13.0 Å². The SMILES string of the molecule is CCCSc1ccc(N=C(NC(=O)OC)NC(=O)OC)c(NC(=O)CCC)c1. The van der Waals surface area contributed by atoms with E-state index in [1.165, 1.54) is 14.2 Å². The average molecular weight is 410 g/mol. The first-order valence-corrected chi connectivity index (χ1v) is 9.77. The molecule has 0 atom stereocenters.